The SMILES string of the molecule is C[C@@]12CCC[C@H]1[C@@H]1CCC3=CC(C=CCO)CC[C@]3(C)[C@H]1CC2. The lowest BCUT2D eigenvalue weighted by molar-refractivity contribution is -0.0372. The molecule has 0 radical (unpaired) electrons. The molecule has 0 heterocycles. The first-order valence-corrected chi connectivity index (χ1v) is 10.1. The van der Waals surface area contributed by atoms with Gasteiger partial charge in [-0.25, -0.2) is 0 Å². The average Bonchev–Trinajstić information content (AvgIpc) is 2.94. The standard InChI is InChI=1S/C22H34O/c1-21-11-3-6-19(21)18-8-7-17-15-16(5-4-14-23)9-13-22(17,2)20(18)10-12-21/h4-5,15-16,18-20,23H,3,6-14H2,1-2H3/t16?,18-,19-,20-,21-,22-/m0/s1. The highest BCUT2D eigenvalue weighted by Gasteiger charge is 2.55. The van der Waals surface area contributed by atoms with Crippen molar-refractivity contribution < 1.29 is 5.11 Å². The minimum atomic E-state index is 0.182. The van der Waals surface area contributed by atoms with Crippen LogP contribution in [0.4, 0.5) is 0 Å². The van der Waals surface area contributed by atoms with E-state index in [4.69, 9.17) is 5.11 Å². The van der Waals surface area contributed by atoms with E-state index in [1.807, 2.05) is 6.08 Å². The lowest BCUT2D eigenvalue weighted by atomic mass is 9.47. The van der Waals surface area contributed by atoms with E-state index in [1.165, 1.54) is 57.8 Å². The molecule has 0 aromatic carbocycles. The van der Waals surface area contributed by atoms with Crippen LogP contribution < -0.4 is 0 Å². The van der Waals surface area contributed by atoms with Gasteiger partial charge >= 0.3 is 0 Å². The molecule has 3 saturated carbocycles. The second-order valence-corrected chi connectivity index (χ2v) is 9.42. The van der Waals surface area contributed by atoms with Gasteiger partial charge in [0.05, 0.1) is 6.61 Å². The van der Waals surface area contributed by atoms with Crippen LogP contribution >= 0.6 is 0 Å². The van der Waals surface area contributed by atoms with Crippen LogP contribution in [0.15, 0.2) is 23.8 Å². The third-order valence-electron chi connectivity index (χ3n) is 8.42. The molecule has 4 rings (SSSR count). The number of allylic oxidation sites excluding steroid dienone is 3. The fraction of sp³-hybridized carbons (Fsp3) is 0.818. The van der Waals surface area contributed by atoms with E-state index in [1.54, 1.807) is 5.57 Å². The second kappa shape index (κ2) is 5.76. The van der Waals surface area contributed by atoms with Gasteiger partial charge in [-0.3, -0.25) is 0 Å². The quantitative estimate of drug-likeness (QED) is 0.667. The molecule has 23 heavy (non-hydrogen) atoms. The fourth-order valence-electron chi connectivity index (χ4n) is 7.14. The number of hydrogen-bond acceptors (Lipinski definition) is 1. The van der Waals surface area contributed by atoms with E-state index in [0.717, 1.165) is 17.8 Å². The molecule has 6 atom stereocenters. The average molecular weight is 315 g/mol. The van der Waals surface area contributed by atoms with Gasteiger partial charge in [-0.2, -0.15) is 0 Å². The summed E-state index contributed by atoms with van der Waals surface area (Å²) in [5.41, 5.74) is 2.93. The number of aliphatic hydroxyl groups excluding tert-OH is 1. The lowest BCUT2D eigenvalue weighted by Gasteiger charge is -2.58. The highest BCUT2D eigenvalue weighted by atomic mass is 16.2. The molecule has 0 aliphatic heterocycles. The number of rotatable bonds is 2. The largest absolute Gasteiger partial charge is 0.392 e. The van der Waals surface area contributed by atoms with Crippen LogP contribution in [0.25, 0.3) is 0 Å². The van der Waals surface area contributed by atoms with Crippen molar-refractivity contribution in [3.63, 3.8) is 0 Å². The molecule has 0 aromatic rings. The summed E-state index contributed by atoms with van der Waals surface area (Å²) in [7, 11) is 0. The van der Waals surface area contributed by atoms with Crippen molar-refractivity contribution in [3.05, 3.63) is 23.8 Å². The van der Waals surface area contributed by atoms with Crippen molar-refractivity contribution in [1.29, 1.82) is 0 Å². The zero-order valence-corrected chi connectivity index (χ0v) is 15.1. The van der Waals surface area contributed by atoms with Gasteiger partial charge in [0.2, 0.25) is 0 Å². The summed E-state index contributed by atoms with van der Waals surface area (Å²) in [6.07, 6.45) is 19.6. The maximum absolute atomic E-state index is 9.04. The van der Waals surface area contributed by atoms with Gasteiger partial charge < -0.3 is 5.11 Å². The van der Waals surface area contributed by atoms with Gasteiger partial charge in [0.1, 0.15) is 0 Å². The molecule has 4 aliphatic carbocycles. The fourth-order valence-corrected chi connectivity index (χ4v) is 7.14. The van der Waals surface area contributed by atoms with E-state index in [0.29, 0.717) is 16.7 Å². The van der Waals surface area contributed by atoms with Crippen molar-refractivity contribution >= 4 is 0 Å². The summed E-state index contributed by atoms with van der Waals surface area (Å²) in [6, 6.07) is 0. The van der Waals surface area contributed by atoms with Gasteiger partial charge in [-0.15, -0.1) is 0 Å². The summed E-state index contributed by atoms with van der Waals surface area (Å²) in [4.78, 5) is 0. The first kappa shape index (κ1) is 15.9. The third kappa shape index (κ3) is 2.46. The summed E-state index contributed by atoms with van der Waals surface area (Å²) < 4.78 is 0. The Morgan fingerprint density at radius 3 is 2.78 bits per heavy atom. The Kier molecular flexibility index (Phi) is 3.99. The van der Waals surface area contributed by atoms with E-state index < -0.39 is 0 Å². The first-order chi connectivity index (χ1) is 11.1. The molecule has 1 unspecified atom stereocenters. The van der Waals surface area contributed by atoms with Crippen molar-refractivity contribution in [1.82, 2.24) is 0 Å². The zero-order valence-electron chi connectivity index (χ0n) is 15.1. The Morgan fingerprint density at radius 1 is 1.09 bits per heavy atom. The minimum Gasteiger partial charge on any atom is -0.392 e. The summed E-state index contributed by atoms with van der Waals surface area (Å²) >= 11 is 0. The molecule has 0 aromatic heterocycles. The first-order valence-electron chi connectivity index (χ1n) is 10.1. The van der Waals surface area contributed by atoms with Gasteiger partial charge in [0, 0.05) is 0 Å². The summed E-state index contributed by atoms with van der Waals surface area (Å²) in [6.45, 7) is 5.38. The molecule has 0 spiro atoms. The van der Waals surface area contributed by atoms with Crippen LogP contribution in [0.3, 0.4) is 0 Å². The molecular weight excluding hydrogens is 280 g/mol. The Hall–Kier alpha value is -0.560. The lowest BCUT2D eigenvalue weighted by Crippen LogP contribution is -2.49. The van der Waals surface area contributed by atoms with E-state index >= 15 is 0 Å². The molecule has 3 fully saturated rings. The Bertz CT molecular complexity index is 518. The Morgan fingerprint density at radius 2 is 1.96 bits per heavy atom. The van der Waals surface area contributed by atoms with Gasteiger partial charge in [0.15, 0.2) is 0 Å². The van der Waals surface area contributed by atoms with E-state index in [9.17, 15) is 0 Å². The number of hydrogen-bond donors (Lipinski definition) is 1. The highest BCUT2D eigenvalue weighted by molar-refractivity contribution is 5.26. The maximum atomic E-state index is 9.04. The van der Waals surface area contributed by atoms with Gasteiger partial charge in [0.25, 0.3) is 0 Å². The van der Waals surface area contributed by atoms with Crippen molar-refractivity contribution in [2.75, 3.05) is 6.61 Å². The normalized spacial score (nSPS) is 49.4. The molecule has 1 N–H and O–H groups in total. The molecule has 0 saturated heterocycles. The monoisotopic (exact) mass is 314 g/mol. The van der Waals surface area contributed by atoms with Crippen molar-refractivity contribution in [3.8, 4) is 0 Å². The molecule has 1 heteroatoms. The second-order valence-electron chi connectivity index (χ2n) is 9.42. The van der Waals surface area contributed by atoms with Crippen LogP contribution in [-0.2, 0) is 0 Å². The molecule has 0 bridgehead atoms. The molecule has 0 amide bonds. The van der Waals surface area contributed by atoms with Crippen molar-refractivity contribution in [2.24, 2.45) is 34.5 Å². The van der Waals surface area contributed by atoms with E-state index in [2.05, 4.69) is 26.0 Å². The predicted molar refractivity (Wildman–Crippen MR) is 96.0 cm³/mol. The van der Waals surface area contributed by atoms with Gasteiger partial charge in [-0.1, -0.05) is 44.1 Å². The Labute approximate surface area is 142 Å². The summed E-state index contributed by atoms with van der Waals surface area (Å²) in [5.74, 6) is 3.54. The van der Waals surface area contributed by atoms with Crippen LogP contribution in [0.5, 0.6) is 0 Å². The highest BCUT2D eigenvalue weighted by Crippen LogP contribution is 2.65. The predicted octanol–water partition coefficient (Wildman–Crippen LogP) is 5.50. The minimum absolute atomic E-state index is 0.182. The molecule has 128 valence electrons. The van der Waals surface area contributed by atoms with Crippen LogP contribution in [0.1, 0.15) is 71.6 Å². The molecule has 1 nitrogen and oxygen atoms in total. The van der Waals surface area contributed by atoms with Crippen molar-refractivity contribution in [2.45, 2.75) is 71.6 Å². The maximum Gasteiger partial charge on any atom is 0.0612 e. The van der Waals surface area contributed by atoms with Crippen LogP contribution in [-0.4, -0.2) is 11.7 Å². The van der Waals surface area contributed by atoms with Crippen LogP contribution in [0.2, 0.25) is 0 Å². The topological polar surface area (TPSA) is 20.2 Å². The Balaban J connectivity index is 1.60. The smallest absolute Gasteiger partial charge is 0.0612 e. The number of fused-ring (bicyclic) bond motifs is 5. The third-order valence-corrected chi connectivity index (χ3v) is 8.42. The zero-order chi connectivity index (χ0) is 16.1. The van der Waals surface area contributed by atoms with Crippen LogP contribution in [0, 0.1) is 34.5 Å². The van der Waals surface area contributed by atoms with Gasteiger partial charge in [-0.05, 0) is 85.9 Å². The number of aliphatic hydroxyl groups is 1. The van der Waals surface area contributed by atoms with E-state index in [-0.39, 0.29) is 6.61 Å². The molecule has 4 aliphatic rings. The summed E-state index contributed by atoms with van der Waals surface area (Å²) in [5, 5.41) is 9.04. The molecular formula is C22H34O.